The van der Waals surface area contributed by atoms with Crippen LogP contribution in [0.15, 0.2) is 30.3 Å². The van der Waals surface area contributed by atoms with Gasteiger partial charge in [0.15, 0.2) is 5.78 Å². The first-order chi connectivity index (χ1) is 7.36. The molecule has 0 bridgehead atoms. The molecule has 0 aliphatic heterocycles. The Bertz CT molecular complexity index is 324. The number of Topliss-reactive ketones (excluding diaryl/α,β-unsaturated/α-hetero) is 1. The van der Waals surface area contributed by atoms with Crippen molar-refractivity contribution in [2.45, 2.75) is 31.8 Å². The average molecular weight is 205 g/mol. The minimum Gasteiger partial charge on any atom is -0.297 e. The normalized spacial score (nSPS) is 21.3. The summed E-state index contributed by atoms with van der Waals surface area (Å²) in [6.45, 7) is 0. The molecule has 2 rings (SSSR count). The molecule has 0 amide bonds. The molecule has 0 spiro atoms. The van der Waals surface area contributed by atoms with E-state index in [0.29, 0.717) is 6.42 Å². The van der Waals surface area contributed by atoms with Gasteiger partial charge >= 0.3 is 0 Å². The first-order valence-electron chi connectivity index (χ1n) is 5.36. The lowest BCUT2D eigenvalue weighted by Crippen LogP contribution is -2.29. The largest absolute Gasteiger partial charge is 0.297 e. The molecule has 15 heavy (non-hydrogen) atoms. The maximum absolute atomic E-state index is 11.5. The molecule has 0 radical (unpaired) electrons. The van der Waals surface area contributed by atoms with Gasteiger partial charge in [-0.25, -0.2) is 0 Å². The maximum Gasteiger partial charge on any atom is 0.164 e. The van der Waals surface area contributed by atoms with Gasteiger partial charge in [0.2, 0.25) is 0 Å². The minimum atomic E-state index is -0.265. The van der Waals surface area contributed by atoms with Crippen molar-refractivity contribution < 1.29 is 9.63 Å². The SMILES string of the molecule is O=C1CCCC[C@@H]1ONc1ccccc1. The molecular formula is C12H15NO2. The number of ketones is 1. The average Bonchev–Trinajstić information content (AvgIpc) is 2.29. The quantitative estimate of drug-likeness (QED) is 0.771. The van der Waals surface area contributed by atoms with Crippen molar-refractivity contribution in [1.29, 1.82) is 0 Å². The number of para-hydroxylation sites is 1. The van der Waals surface area contributed by atoms with Gasteiger partial charge in [-0.15, -0.1) is 0 Å². The van der Waals surface area contributed by atoms with Crippen LogP contribution < -0.4 is 5.48 Å². The van der Waals surface area contributed by atoms with Crippen LogP contribution in [-0.4, -0.2) is 11.9 Å². The van der Waals surface area contributed by atoms with E-state index in [1.165, 1.54) is 0 Å². The van der Waals surface area contributed by atoms with Crippen LogP contribution in [0.5, 0.6) is 0 Å². The zero-order valence-electron chi connectivity index (χ0n) is 8.61. The van der Waals surface area contributed by atoms with Gasteiger partial charge in [0, 0.05) is 6.42 Å². The molecule has 1 saturated carbocycles. The summed E-state index contributed by atoms with van der Waals surface area (Å²) in [5, 5.41) is 0. The predicted octanol–water partition coefficient (Wildman–Crippen LogP) is 2.54. The Hall–Kier alpha value is -1.35. The maximum atomic E-state index is 11.5. The zero-order chi connectivity index (χ0) is 10.5. The van der Waals surface area contributed by atoms with E-state index >= 15 is 0 Å². The lowest BCUT2D eigenvalue weighted by atomic mass is 9.97. The van der Waals surface area contributed by atoms with E-state index in [9.17, 15) is 4.79 Å². The summed E-state index contributed by atoms with van der Waals surface area (Å²) in [5.41, 5.74) is 3.71. The van der Waals surface area contributed by atoms with Crippen LogP contribution in [0.1, 0.15) is 25.7 Å². The Morgan fingerprint density at radius 1 is 1.20 bits per heavy atom. The number of hydrogen-bond acceptors (Lipinski definition) is 3. The van der Waals surface area contributed by atoms with Gasteiger partial charge in [0.05, 0.1) is 5.69 Å². The molecule has 1 aromatic carbocycles. The van der Waals surface area contributed by atoms with Crippen molar-refractivity contribution in [3.05, 3.63) is 30.3 Å². The highest BCUT2D eigenvalue weighted by Crippen LogP contribution is 2.18. The van der Waals surface area contributed by atoms with Gasteiger partial charge in [0.1, 0.15) is 6.10 Å². The Kier molecular flexibility index (Phi) is 3.35. The summed E-state index contributed by atoms with van der Waals surface area (Å²) < 4.78 is 0. The first-order valence-corrected chi connectivity index (χ1v) is 5.36. The van der Waals surface area contributed by atoms with Gasteiger partial charge in [-0.1, -0.05) is 18.2 Å². The van der Waals surface area contributed by atoms with Crippen molar-refractivity contribution in [1.82, 2.24) is 0 Å². The summed E-state index contributed by atoms with van der Waals surface area (Å²) in [5.74, 6) is 0.213. The van der Waals surface area contributed by atoms with E-state index in [-0.39, 0.29) is 11.9 Å². The van der Waals surface area contributed by atoms with Gasteiger partial charge in [0.25, 0.3) is 0 Å². The molecule has 0 aromatic heterocycles. The van der Waals surface area contributed by atoms with Gasteiger partial charge in [-0.05, 0) is 31.4 Å². The van der Waals surface area contributed by atoms with E-state index in [2.05, 4.69) is 5.48 Å². The molecule has 1 atom stereocenters. The fourth-order valence-electron chi connectivity index (χ4n) is 1.72. The van der Waals surface area contributed by atoms with Crippen molar-refractivity contribution in [3.8, 4) is 0 Å². The molecule has 1 fully saturated rings. The number of nitrogens with one attached hydrogen (secondary N) is 1. The summed E-state index contributed by atoms with van der Waals surface area (Å²) in [6, 6.07) is 9.61. The minimum absolute atomic E-state index is 0.213. The monoisotopic (exact) mass is 205 g/mol. The molecule has 80 valence electrons. The third-order valence-corrected chi connectivity index (χ3v) is 2.59. The molecule has 0 heterocycles. The third-order valence-electron chi connectivity index (χ3n) is 2.59. The van der Waals surface area contributed by atoms with E-state index in [0.717, 1.165) is 24.9 Å². The molecule has 1 N–H and O–H groups in total. The molecule has 1 aliphatic rings. The van der Waals surface area contributed by atoms with Crippen LogP contribution in [0.2, 0.25) is 0 Å². The van der Waals surface area contributed by atoms with E-state index < -0.39 is 0 Å². The second-order valence-electron chi connectivity index (χ2n) is 3.79. The van der Waals surface area contributed by atoms with Crippen LogP contribution in [0, 0.1) is 0 Å². The van der Waals surface area contributed by atoms with Gasteiger partial charge in [-0.2, -0.15) is 0 Å². The van der Waals surface area contributed by atoms with Crippen molar-refractivity contribution in [2.24, 2.45) is 0 Å². The van der Waals surface area contributed by atoms with E-state index in [1.807, 2.05) is 30.3 Å². The number of anilines is 1. The summed E-state index contributed by atoms with van der Waals surface area (Å²) in [6.07, 6.45) is 3.30. The molecule has 3 heteroatoms. The molecule has 0 saturated heterocycles. The zero-order valence-corrected chi connectivity index (χ0v) is 8.61. The molecule has 1 aromatic rings. The lowest BCUT2D eigenvalue weighted by molar-refractivity contribution is -0.131. The molecule has 0 unspecified atom stereocenters. The Morgan fingerprint density at radius 2 is 2.00 bits per heavy atom. The van der Waals surface area contributed by atoms with Crippen LogP contribution >= 0.6 is 0 Å². The van der Waals surface area contributed by atoms with E-state index in [4.69, 9.17) is 4.84 Å². The second kappa shape index (κ2) is 4.94. The summed E-state index contributed by atoms with van der Waals surface area (Å²) >= 11 is 0. The van der Waals surface area contributed by atoms with Crippen molar-refractivity contribution in [3.63, 3.8) is 0 Å². The predicted molar refractivity (Wildman–Crippen MR) is 58.4 cm³/mol. The number of rotatable bonds is 3. The number of carbonyl (C=O) groups is 1. The molecule has 3 nitrogen and oxygen atoms in total. The van der Waals surface area contributed by atoms with Crippen molar-refractivity contribution in [2.75, 3.05) is 5.48 Å². The highest BCUT2D eigenvalue weighted by Gasteiger charge is 2.23. The Balaban J connectivity index is 1.85. The standard InChI is InChI=1S/C12H15NO2/c14-11-8-4-5-9-12(11)15-13-10-6-2-1-3-7-10/h1-3,6-7,12-13H,4-5,8-9H2/t12-/m0/s1. The fraction of sp³-hybridized carbons (Fsp3) is 0.417. The topological polar surface area (TPSA) is 38.3 Å². The third kappa shape index (κ3) is 2.80. The van der Waals surface area contributed by atoms with Gasteiger partial charge < -0.3 is 0 Å². The number of benzene rings is 1. The van der Waals surface area contributed by atoms with Crippen LogP contribution in [-0.2, 0) is 9.63 Å². The summed E-state index contributed by atoms with van der Waals surface area (Å²) in [7, 11) is 0. The highest BCUT2D eigenvalue weighted by atomic mass is 16.7. The highest BCUT2D eigenvalue weighted by molar-refractivity contribution is 5.83. The van der Waals surface area contributed by atoms with Crippen LogP contribution in [0.25, 0.3) is 0 Å². The van der Waals surface area contributed by atoms with Crippen LogP contribution in [0.3, 0.4) is 0 Å². The lowest BCUT2D eigenvalue weighted by Gasteiger charge is -2.20. The Labute approximate surface area is 89.4 Å². The smallest absolute Gasteiger partial charge is 0.164 e. The fourth-order valence-corrected chi connectivity index (χ4v) is 1.72. The van der Waals surface area contributed by atoms with Crippen LogP contribution in [0.4, 0.5) is 5.69 Å². The van der Waals surface area contributed by atoms with Gasteiger partial charge in [-0.3, -0.25) is 15.1 Å². The Morgan fingerprint density at radius 3 is 2.73 bits per heavy atom. The molecule has 1 aliphatic carbocycles. The van der Waals surface area contributed by atoms with E-state index in [1.54, 1.807) is 0 Å². The number of hydrogen-bond donors (Lipinski definition) is 1. The van der Waals surface area contributed by atoms with Crippen molar-refractivity contribution >= 4 is 11.5 Å². The number of carbonyl (C=O) groups excluding carboxylic acids is 1. The first kappa shape index (κ1) is 10.2. The second-order valence-corrected chi connectivity index (χ2v) is 3.79. The summed E-state index contributed by atoms with van der Waals surface area (Å²) in [4.78, 5) is 16.8. The molecular weight excluding hydrogens is 190 g/mol.